The van der Waals surface area contributed by atoms with Crippen LogP contribution in [0.5, 0.6) is 0 Å². The molecule has 2 heterocycles. The van der Waals surface area contributed by atoms with Crippen LogP contribution in [0, 0.1) is 5.41 Å². The van der Waals surface area contributed by atoms with Gasteiger partial charge in [0.25, 0.3) is 0 Å². The van der Waals surface area contributed by atoms with E-state index >= 15 is 0 Å². The average molecular weight is 222 g/mol. The van der Waals surface area contributed by atoms with Gasteiger partial charge in [0.05, 0.1) is 0 Å². The summed E-state index contributed by atoms with van der Waals surface area (Å²) in [6.07, 6.45) is 10.00. The maximum absolute atomic E-state index is 3.74. The molecule has 1 N–H and O–H groups in total. The van der Waals surface area contributed by atoms with Crippen molar-refractivity contribution in [2.75, 3.05) is 13.6 Å². The molecule has 3 fully saturated rings. The Morgan fingerprint density at radius 1 is 1.19 bits per heavy atom. The minimum Gasteiger partial charge on any atom is -0.311 e. The Morgan fingerprint density at radius 3 is 2.31 bits per heavy atom. The molecule has 2 bridgehead atoms. The second kappa shape index (κ2) is 3.99. The highest BCUT2D eigenvalue weighted by Crippen LogP contribution is 2.41. The van der Waals surface area contributed by atoms with E-state index in [2.05, 4.69) is 24.2 Å². The van der Waals surface area contributed by atoms with Gasteiger partial charge in [-0.15, -0.1) is 0 Å². The van der Waals surface area contributed by atoms with E-state index < -0.39 is 0 Å². The van der Waals surface area contributed by atoms with E-state index in [9.17, 15) is 0 Å². The minimum absolute atomic E-state index is 0.651. The van der Waals surface area contributed by atoms with Crippen molar-refractivity contribution in [3.8, 4) is 0 Å². The normalized spacial score (nSPS) is 41.1. The van der Waals surface area contributed by atoms with Gasteiger partial charge in [-0.1, -0.05) is 13.3 Å². The molecule has 2 nitrogen and oxygen atoms in total. The van der Waals surface area contributed by atoms with E-state index in [4.69, 9.17) is 0 Å². The lowest BCUT2D eigenvalue weighted by molar-refractivity contribution is 0.0611. The van der Waals surface area contributed by atoms with Crippen LogP contribution in [-0.2, 0) is 0 Å². The molecule has 2 heteroatoms. The standard InChI is InChI=1S/C14H26N2/c1-14(6-3-7-14)10-16(2)13-8-11-4-5-12(9-13)15-11/h11-13,15H,3-10H2,1-2H3. The summed E-state index contributed by atoms with van der Waals surface area (Å²) < 4.78 is 0. The van der Waals surface area contributed by atoms with Gasteiger partial charge in [0.15, 0.2) is 0 Å². The average Bonchev–Trinajstić information content (AvgIpc) is 2.55. The van der Waals surface area contributed by atoms with Crippen molar-refractivity contribution in [2.45, 2.75) is 70.0 Å². The highest BCUT2D eigenvalue weighted by molar-refractivity contribution is 4.96. The van der Waals surface area contributed by atoms with Gasteiger partial charge in [0.1, 0.15) is 0 Å². The highest BCUT2D eigenvalue weighted by Gasteiger charge is 2.38. The van der Waals surface area contributed by atoms with Gasteiger partial charge in [-0.2, -0.15) is 0 Å². The van der Waals surface area contributed by atoms with E-state index in [1.165, 1.54) is 51.5 Å². The number of rotatable bonds is 3. The van der Waals surface area contributed by atoms with Crippen LogP contribution >= 0.6 is 0 Å². The maximum atomic E-state index is 3.74. The molecule has 92 valence electrons. The number of hydrogen-bond donors (Lipinski definition) is 1. The monoisotopic (exact) mass is 222 g/mol. The maximum Gasteiger partial charge on any atom is 0.0122 e. The molecule has 3 aliphatic rings. The summed E-state index contributed by atoms with van der Waals surface area (Å²) in [6, 6.07) is 2.52. The number of piperidine rings is 1. The summed E-state index contributed by atoms with van der Waals surface area (Å²) in [4.78, 5) is 2.67. The molecule has 0 aromatic carbocycles. The zero-order valence-electron chi connectivity index (χ0n) is 10.8. The van der Waals surface area contributed by atoms with E-state index in [-0.39, 0.29) is 0 Å². The van der Waals surface area contributed by atoms with Crippen LogP contribution in [0.1, 0.15) is 51.9 Å². The first-order valence-corrected chi connectivity index (χ1v) is 7.11. The van der Waals surface area contributed by atoms with Gasteiger partial charge >= 0.3 is 0 Å². The highest BCUT2D eigenvalue weighted by atomic mass is 15.2. The Hall–Kier alpha value is -0.0800. The Kier molecular flexibility index (Phi) is 2.75. The summed E-state index contributed by atoms with van der Waals surface area (Å²) in [5.74, 6) is 0. The molecule has 1 aliphatic carbocycles. The van der Waals surface area contributed by atoms with E-state index in [0.29, 0.717) is 5.41 Å². The molecule has 0 radical (unpaired) electrons. The van der Waals surface area contributed by atoms with Crippen molar-refractivity contribution >= 4 is 0 Å². The van der Waals surface area contributed by atoms with Crippen LogP contribution in [0.2, 0.25) is 0 Å². The molecule has 2 aliphatic heterocycles. The lowest BCUT2D eigenvalue weighted by atomic mass is 9.70. The third-order valence-electron chi connectivity index (χ3n) is 5.26. The zero-order chi connectivity index (χ0) is 11.2. The Bertz CT molecular complexity index is 247. The van der Waals surface area contributed by atoms with Crippen molar-refractivity contribution in [1.82, 2.24) is 10.2 Å². The third-order valence-corrected chi connectivity index (χ3v) is 5.26. The SMILES string of the molecule is CN(CC1(C)CCC1)C1CC2CCC(C1)N2. The summed E-state index contributed by atoms with van der Waals surface area (Å²) >= 11 is 0. The first-order chi connectivity index (χ1) is 7.65. The van der Waals surface area contributed by atoms with Gasteiger partial charge in [0, 0.05) is 24.7 Å². The molecular weight excluding hydrogens is 196 g/mol. The van der Waals surface area contributed by atoms with Crippen molar-refractivity contribution in [3.63, 3.8) is 0 Å². The fourth-order valence-corrected chi connectivity index (χ4v) is 4.06. The van der Waals surface area contributed by atoms with Gasteiger partial charge in [-0.25, -0.2) is 0 Å². The third kappa shape index (κ3) is 2.02. The Morgan fingerprint density at radius 2 is 1.81 bits per heavy atom. The first kappa shape index (κ1) is 11.0. The number of fused-ring (bicyclic) bond motifs is 2. The van der Waals surface area contributed by atoms with Gasteiger partial charge < -0.3 is 10.2 Å². The predicted octanol–water partition coefficient (Wildman–Crippen LogP) is 2.39. The van der Waals surface area contributed by atoms with Crippen LogP contribution in [-0.4, -0.2) is 36.6 Å². The molecule has 0 amide bonds. The smallest absolute Gasteiger partial charge is 0.0122 e. The van der Waals surface area contributed by atoms with Crippen LogP contribution in [0.15, 0.2) is 0 Å². The van der Waals surface area contributed by atoms with E-state index in [1.807, 2.05) is 0 Å². The summed E-state index contributed by atoms with van der Waals surface area (Å²) in [5, 5.41) is 3.74. The molecule has 3 rings (SSSR count). The van der Waals surface area contributed by atoms with Crippen LogP contribution in [0.3, 0.4) is 0 Å². The topological polar surface area (TPSA) is 15.3 Å². The van der Waals surface area contributed by atoms with Crippen molar-refractivity contribution in [3.05, 3.63) is 0 Å². The van der Waals surface area contributed by atoms with Crippen LogP contribution in [0.25, 0.3) is 0 Å². The number of nitrogens with one attached hydrogen (secondary N) is 1. The second-order valence-corrected chi connectivity index (χ2v) is 6.84. The molecule has 0 aromatic rings. The molecule has 0 aromatic heterocycles. The van der Waals surface area contributed by atoms with Crippen molar-refractivity contribution in [2.24, 2.45) is 5.41 Å². The van der Waals surface area contributed by atoms with Gasteiger partial charge in [0.2, 0.25) is 0 Å². The largest absolute Gasteiger partial charge is 0.311 e. The fourth-order valence-electron chi connectivity index (χ4n) is 4.06. The molecule has 16 heavy (non-hydrogen) atoms. The van der Waals surface area contributed by atoms with Crippen LogP contribution < -0.4 is 5.32 Å². The molecule has 2 unspecified atom stereocenters. The van der Waals surface area contributed by atoms with E-state index in [0.717, 1.165) is 18.1 Å². The Balaban J connectivity index is 1.56. The van der Waals surface area contributed by atoms with Gasteiger partial charge in [-0.05, 0) is 51.0 Å². The summed E-state index contributed by atoms with van der Waals surface area (Å²) in [5.41, 5.74) is 0.651. The predicted molar refractivity (Wildman–Crippen MR) is 67.6 cm³/mol. The lowest BCUT2D eigenvalue weighted by Crippen LogP contribution is -2.50. The first-order valence-electron chi connectivity index (χ1n) is 7.11. The summed E-state index contributed by atoms with van der Waals surface area (Å²) in [6.45, 7) is 3.81. The molecule has 2 saturated heterocycles. The fraction of sp³-hybridized carbons (Fsp3) is 1.00. The lowest BCUT2D eigenvalue weighted by Gasteiger charge is -2.45. The summed E-state index contributed by atoms with van der Waals surface area (Å²) in [7, 11) is 2.36. The zero-order valence-corrected chi connectivity index (χ0v) is 10.8. The Labute approximate surface area is 99.8 Å². The van der Waals surface area contributed by atoms with Crippen molar-refractivity contribution in [1.29, 1.82) is 0 Å². The number of hydrogen-bond acceptors (Lipinski definition) is 2. The van der Waals surface area contributed by atoms with Crippen molar-refractivity contribution < 1.29 is 0 Å². The van der Waals surface area contributed by atoms with Gasteiger partial charge in [-0.3, -0.25) is 0 Å². The molecular formula is C14H26N2. The number of nitrogens with zero attached hydrogens (tertiary/aromatic N) is 1. The van der Waals surface area contributed by atoms with Crippen LogP contribution in [0.4, 0.5) is 0 Å². The minimum atomic E-state index is 0.651. The molecule has 2 atom stereocenters. The second-order valence-electron chi connectivity index (χ2n) is 6.84. The molecule has 1 saturated carbocycles. The molecule has 0 spiro atoms. The quantitative estimate of drug-likeness (QED) is 0.789. The van der Waals surface area contributed by atoms with E-state index in [1.54, 1.807) is 0 Å².